The Balaban J connectivity index is 2.00. The number of anilines is 2. The van der Waals surface area contributed by atoms with E-state index < -0.39 is 10.0 Å². The zero-order valence-electron chi connectivity index (χ0n) is 16.0. The number of carbonyl (C=O) groups excluding carboxylic acids is 1. The molecule has 0 fully saturated rings. The van der Waals surface area contributed by atoms with E-state index in [0.29, 0.717) is 11.3 Å². The van der Waals surface area contributed by atoms with Gasteiger partial charge in [-0.2, -0.15) is 0 Å². The summed E-state index contributed by atoms with van der Waals surface area (Å²) in [7, 11) is -0.661. The van der Waals surface area contributed by atoms with Gasteiger partial charge >= 0.3 is 0 Å². The van der Waals surface area contributed by atoms with E-state index in [-0.39, 0.29) is 10.8 Å². The van der Waals surface area contributed by atoms with Gasteiger partial charge in [0.05, 0.1) is 16.1 Å². The summed E-state index contributed by atoms with van der Waals surface area (Å²) in [5, 5.41) is 0. The van der Waals surface area contributed by atoms with E-state index in [1.165, 1.54) is 11.9 Å². The molecule has 0 aliphatic rings. The summed E-state index contributed by atoms with van der Waals surface area (Å²) in [6, 6.07) is 22.6. The molecule has 3 aromatic carbocycles. The van der Waals surface area contributed by atoms with Crippen LogP contribution in [0.3, 0.4) is 0 Å². The number of benzene rings is 3. The summed E-state index contributed by atoms with van der Waals surface area (Å²) in [6.07, 6.45) is 0. The van der Waals surface area contributed by atoms with Gasteiger partial charge in [-0.1, -0.05) is 48.0 Å². The molecule has 0 aliphatic heterocycles. The summed E-state index contributed by atoms with van der Waals surface area (Å²) in [4.78, 5) is 14.8. The maximum Gasteiger partial charge on any atom is 0.264 e. The molecular formula is C22H22N2O3S. The Bertz CT molecular complexity index is 1080. The lowest BCUT2D eigenvalue weighted by atomic mass is 10.1. The zero-order valence-corrected chi connectivity index (χ0v) is 16.8. The van der Waals surface area contributed by atoms with Gasteiger partial charge in [0, 0.05) is 19.8 Å². The summed E-state index contributed by atoms with van der Waals surface area (Å²) in [5.74, 6) is -0.284. The highest BCUT2D eigenvalue weighted by molar-refractivity contribution is 7.92. The molecule has 144 valence electrons. The number of nitrogens with zero attached hydrogens (tertiary/aromatic N) is 2. The van der Waals surface area contributed by atoms with Crippen molar-refractivity contribution < 1.29 is 13.2 Å². The number of sulfonamides is 1. The first-order chi connectivity index (χ1) is 13.3. The molecule has 0 aliphatic carbocycles. The third-order valence-electron chi connectivity index (χ3n) is 4.60. The van der Waals surface area contributed by atoms with Crippen LogP contribution in [0.1, 0.15) is 15.9 Å². The summed E-state index contributed by atoms with van der Waals surface area (Å²) in [6.45, 7) is 1.90. The van der Waals surface area contributed by atoms with Crippen LogP contribution in [0.15, 0.2) is 83.8 Å². The molecule has 6 heteroatoms. The van der Waals surface area contributed by atoms with E-state index in [1.807, 2.05) is 37.3 Å². The predicted molar refractivity (Wildman–Crippen MR) is 112 cm³/mol. The molecule has 0 saturated heterocycles. The average Bonchev–Trinajstić information content (AvgIpc) is 2.73. The topological polar surface area (TPSA) is 57.7 Å². The van der Waals surface area contributed by atoms with Crippen molar-refractivity contribution in [2.24, 2.45) is 0 Å². The van der Waals surface area contributed by atoms with Crippen LogP contribution in [-0.2, 0) is 10.0 Å². The maximum atomic E-state index is 13.1. The molecule has 0 unspecified atom stereocenters. The van der Waals surface area contributed by atoms with Crippen molar-refractivity contribution in [2.75, 3.05) is 23.3 Å². The Hall–Kier alpha value is -3.12. The number of rotatable bonds is 5. The van der Waals surface area contributed by atoms with Gasteiger partial charge in [-0.25, -0.2) is 8.42 Å². The third-order valence-corrected chi connectivity index (χ3v) is 6.39. The molecule has 0 spiro atoms. The Morgan fingerprint density at radius 2 is 1.36 bits per heavy atom. The molecule has 3 aromatic rings. The van der Waals surface area contributed by atoms with Gasteiger partial charge in [0.15, 0.2) is 0 Å². The first kappa shape index (κ1) is 19.6. The number of carbonyl (C=O) groups is 1. The van der Waals surface area contributed by atoms with Crippen molar-refractivity contribution in [3.63, 3.8) is 0 Å². The number of hydrogen-bond donors (Lipinski definition) is 0. The monoisotopic (exact) mass is 394 g/mol. The molecule has 0 heterocycles. The summed E-state index contributed by atoms with van der Waals surface area (Å²) < 4.78 is 27.3. The van der Waals surface area contributed by atoms with Crippen LogP contribution in [-0.4, -0.2) is 28.4 Å². The van der Waals surface area contributed by atoms with E-state index in [4.69, 9.17) is 0 Å². The molecule has 0 N–H and O–H groups in total. The Morgan fingerprint density at radius 1 is 0.786 bits per heavy atom. The van der Waals surface area contributed by atoms with Gasteiger partial charge < -0.3 is 4.90 Å². The van der Waals surface area contributed by atoms with Gasteiger partial charge in [-0.05, 0) is 43.3 Å². The fraction of sp³-hybridized carbons (Fsp3) is 0.136. The van der Waals surface area contributed by atoms with E-state index >= 15 is 0 Å². The largest absolute Gasteiger partial charge is 0.311 e. The standard InChI is InChI=1S/C22H22N2O3S/c1-17-13-15-19(16-14-17)28(26,27)24(3)21-12-8-7-11-20(21)22(25)23(2)18-9-5-4-6-10-18/h4-16H,1-3H3. The second kappa shape index (κ2) is 7.86. The zero-order chi connectivity index (χ0) is 20.3. The maximum absolute atomic E-state index is 13.1. The van der Waals surface area contributed by atoms with E-state index in [2.05, 4.69) is 0 Å². The fourth-order valence-electron chi connectivity index (χ4n) is 2.88. The molecule has 0 bridgehead atoms. The van der Waals surface area contributed by atoms with Crippen LogP contribution < -0.4 is 9.21 Å². The van der Waals surface area contributed by atoms with Gasteiger partial charge in [-0.15, -0.1) is 0 Å². The first-order valence-corrected chi connectivity index (χ1v) is 10.2. The smallest absolute Gasteiger partial charge is 0.264 e. The van der Waals surface area contributed by atoms with Crippen molar-refractivity contribution in [1.29, 1.82) is 0 Å². The molecule has 3 rings (SSSR count). The highest BCUT2D eigenvalue weighted by Gasteiger charge is 2.26. The Morgan fingerprint density at radius 3 is 2.00 bits per heavy atom. The van der Waals surface area contributed by atoms with Gasteiger partial charge in [0.1, 0.15) is 0 Å². The molecule has 0 radical (unpaired) electrons. The van der Waals surface area contributed by atoms with E-state index in [9.17, 15) is 13.2 Å². The van der Waals surface area contributed by atoms with Crippen LogP contribution in [0.4, 0.5) is 11.4 Å². The van der Waals surface area contributed by atoms with E-state index in [1.54, 1.807) is 55.6 Å². The van der Waals surface area contributed by atoms with Crippen molar-refractivity contribution in [3.05, 3.63) is 90.0 Å². The number of hydrogen-bond acceptors (Lipinski definition) is 3. The minimum atomic E-state index is -3.79. The minimum Gasteiger partial charge on any atom is -0.311 e. The lowest BCUT2D eigenvalue weighted by Crippen LogP contribution is -2.31. The normalized spacial score (nSPS) is 11.1. The van der Waals surface area contributed by atoms with Crippen LogP contribution in [0.5, 0.6) is 0 Å². The second-order valence-corrected chi connectivity index (χ2v) is 8.47. The molecule has 5 nitrogen and oxygen atoms in total. The van der Waals surface area contributed by atoms with Crippen molar-refractivity contribution in [1.82, 2.24) is 0 Å². The van der Waals surface area contributed by atoms with Crippen LogP contribution in [0, 0.1) is 6.92 Å². The van der Waals surface area contributed by atoms with Crippen LogP contribution >= 0.6 is 0 Å². The quantitative estimate of drug-likeness (QED) is 0.655. The summed E-state index contributed by atoms with van der Waals surface area (Å²) >= 11 is 0. The SMILES string of the molecule is Cc1ccc(S(=O)(=O)N(C)c2ccccc2C(=O)N(C)c2ccccc2)cc1. The summed E-state index contributed by atoms with van der Waals surface area (Å²) in [5.41, 5.74) is 2.34. The van der Waals surface area contributed by atoms with E-state index in [0.717, 1.165) is 15.6 Å². The van der Waals surface area contributed by atoms with Crippen LogP contribution in [0.25, 0.3) is 0 Å². The Labute approximate surface area is 165 Å². The average molecular weight is 394 g/mol. The Kier molecular flexibility index (Phi) is 5.51. The van der Waals surface area contributed by atoms with Gasteiger partial charge in [0.25, 0.3) is 15.9 Å². The molecular weight excluding hydrogens is 372 g/mol. The minimum absolute atomic E-state index is 0.180. The molecule has 0 atom stereocenters. The molecule has 28 heavy (non-hydrogen) atoms. The fourth-order valence-corrected chi connectivity index (χ4v) is 4.09. The second-order valence-electron chi connectivity index (χ2n) is 6.50. The number of amides is 1. The number of para-hydroxylation sites is 2. The lowest BCUT2D eigenvalue weighted by molar-refractivity contribution is 0.0993. The van der Waals surface area contributed by atoms with Crippen molar-refractivity contribution in [2.45, 2.75) is 11.8 Å². The lowest BCUT2D eigenvalue weighted by Gasteiger charge is -2.24. The highest BCUT2D eigenvalue weighted by atomic mass is 32.2. The predicted octanol–water partition coefficient (Wildman–Crippen LogP) is 4.10. The molecule has 0 aromatic heterocycles. The highest BCUT2D eigenvalue weighted by Crippen LogP contribution is 2.27. The van der Waals surface area contributed by atoms with Crippen molar-refractivity contribution >= 4 is 27.3 Å². The molecule has 1 amide bonds. The first-order valence-electron chi connectivity index (χ1n) is 8.80. The van der Waals surface area contributed by atoms with Crippen LogP contribution in [0.2, 0.25) is 0 Å². The van der Waals surface area contributed by atoms with Crippen molar-refractivity contribution in [3.8, 4) is 0 Å². The molecule has 0 saturated carbocycles. The van der Waals surface area contributed by atoms with Gasteiger partial charge in [0.2, 0.25) is 0 Å². The third kappa shape index (κ3) is 3.77. The number of aryl methyl sites for hydroxylation is 1. The van der Waals surface area contributed by atoms with Gasteiger partial charge in [-0.3, -0.25) is 9.10 Å².